The number of aryl methyl sites for hydroxylation is 1. The van der Waals surface area contributed by atoms with Gasteiger partial charge < -0.3 is 15.2 Å². The number of aliphatic imine (C=N–C) groups is 1. The van der Waals surface area contributed by atoms with Crippen LogP contribution in [0.5, 0.6) is 0 Å². The molecule has 0 bridgehead atoms. The fraction of sp³-hybridized carbons (Fsp3) is 0.562. The maximum atomic E-state index is 4.65. The van der Waals surface area contributed by atoms with Gasteiger partial charge in [0.05, 0.1) is 0 Å². The molecule has 0 aliphatic rings. The highest BCUT2D eigenvalue weighted by atomic mass is 127. The summed E-state index contributed by atoms with van der Waals surface area (Å²) in [5, 5.41) is 17.2. The summed E-state index contributed by atoms with van der Waals surface area (Å²) in [6, 6.07) is 4.63. The number of rotatable bonds is 7. The molecular formula is C16H27IN6S. The second-order valence-electron chi connectivity index (χ2n) is 5.60. The monoisotopic (exact) mass is 462 g/mol. The van der Waals surface area contributed by atoms with E-state index in [2.05, 4.69) is 57.2 Å². The average molecular weight is 462 g/mol. The van der Waals surface area contributed by atoms with E-state index in [1.165, 1.54) is 4.88 Å². The minimum atomic E-state index is 0. The van der Waals surface area contributed by atoms with E-state index in [-0.39, 0.29) is 24.0 Å². The zero-order chi connectivity index (χ0) is 16.7. The molecule has 6 nitrogen and oxygen atoms in total. The van der Waals surface area contributed by atoms with Gasteiger partial charge in [-0.2, -0.15) is 0 Å². The van der Waals surface area contributed by atoms with Gasteiger partial charge in [-0.05, 0) is 38.1 Å². The Morgan fingerprint density at radius 3 is 2.79 bits per heavy atom. The standard InChI is InChI=1S/C16H26N6S.HI/c1-5-12(2)19-16(17-9-8-14-7-6-10-23-14)18-11-15-21-20-13(3)22(15)4;/h6-7,10,12H,5,8-9,11H2,1-4H3,(H2,17,18,19);1H. The third-order valence-electron chi connectivity index (χ3n) is 3.80. The molecule has 2 aromatic rings. The third kappa shape index (κ3) is 6.39. The van der Waals surface area contributed by atoms with Crippen molar-refractivity contribution in [3.63, 3.8) is 0 Å². The van der Waals surface area contributed by atoms with Crippen molar-refractivity contribution in [3.05, 3.63) is 34.0 Å². The Bertz CT molecular complexity index is 623. The van der Waals surface area contributed by atoms with Crippen molar-refractivity contribution in [1.82, 2.24) is 25.4 Å². The number of thiophene rings is 1. The summed E-state index contributed by atoms with van der Waals surface area (Å²) in [5.74, 6) is 2.60. The lowest BCUT2D eigenvalue weighted by Crippen LogP contribution is -2.42. The quantitative estimate of drug-likeness (QED) is 0.377. The zero-order valence-electron chi connectivity index (χ0n) is 14.7. The number of hydrogen-bond acceptors (Lipinski definition) is 4. The van der Waals surface area contributed by atoms with Crippen molar-refractivity contribution >= 4 is 41.3 Å². The largest absolute Gasteiger partial charge is 0.356 e. The van der Waals surface area contributed by atoms with Gasteiger partial charge in [-0.1, -0.05) is 13.0 Å². The summed E-state index contributed by atoms with van der Waals surface area (Å²) in [6.45, 7) is 7.64. The van der Waals surface area contributed by atoms with Crippen LogP contribution in [-0.4, -0.2) is 33.3 Å². The molecule has 2 N–H and O–H groups in total. The molecular weight excluding hydrogens is 435 g/mol. The Labute approximate surface area is 165 Å². The smallest absolute Gasteiger partial charge is 0.191 e. The predicted octanol–water partition coefficient (Wildman–Crippen LogP) is 2.88. The van der Waals surface area contributed by atoms with E-state index in [1.807, 2.05) is 18.5 Å². The van der Waals surface area contributed by atoms with Gasteiger partial charge in [0.2, 0.25) is 0 Å². The van der Waals surface area contributed by atoms with Crippen molar-refractivity contribution < 1.29 is 0 Å². The maximum absolute atomic E-state index is 4.65. The van der Waals surface area contributed by atoms with Gasteiger partial charge in [-0.15, -0.1) is 45.5 Å². The van der Waals surface area contributed by atoms with E-state index < -0.39 is 0 Å². The zero-order valence-corrected chi connectivity index (χ0v) is 17.9. The molecule has 0 aromatic carbocycles. The van der Waals surface area contributed by atoms with Crippen LogP contribution in [0.15, 0.2) is 22.5 Å². The maximum Gasteiger partial charge on any atom is 0.191 e. The first kappa shape index (κ1) is 20.9. The van der Waals surface area contributed by atoms with Crippen molar-refractivity contribution in [3.8, 4) is 0 Å². The number of nitrogens with zero attached hydrogens (tertiary/aromatic N) is 4. The average Bonchev–Trinajstić information content (AvgIpc) is 3.16. The summed E-state index contributed by atoms with van der Waals surface area (Å²) < 4.78 is 1.97. The first-order valence-electron chi connectivity index (χ1n) is 8.02. The molecule has 2 heterocycles. The molecule has 1 atom stereocenters. The molecule has 0 radical (unpaired) electrons. The van der Waals surface area contributed by atoms with Gasteiger partial charge in [0.25, 0.3) is 0 Å². The van der Waals surface area contributed by atoms with Crippen LogP contribution in [-0.2, 0) is 20.0 Å². The molecule has 24 heavy (non-hydrogen) atoms. The van der Waals surface area contributed by atoms with Gasteiger partial charge in [0.15, 0.2) is 11.8 Å². The normalized spacial score (nSPS) is 12.6. The van der Waals surface area contributed by atoms with E-state index >= 15 is 0 Å². The van der Waals surface area contributed by atoms with Crippen molar-refractivity contribution in [2.75, 3.05) is 6.54 Å². The number of hydrogen-bond donors (Lipinski definition) is 2. The van der Waals surface area contributed by atoms with Crippen LogP contribution in [0.2, 0.25) is 0 Å². The second-order valence-corrected chi connectivity index (χ2v) is 6.63. The highest BCUT2D eigenvalue weighted by molar-refractivity contribution is 14.0. The molecule has 0 amide bonds. The van der Waals surface area contributed by atoms with E-state index in [9.17, 15) is 0 Å². The molecule has 0 saturated heterocycles. The van der Waals surface area contributed by atoms with Crippen LogP contribution in [0.25, 0.3) is 0 Å². The minimum Gasteiger partial charge on any atom is -0.356 e. The number of halogens is 1. The van der Waals surface area contributed by atoms with E-state index in [4.69, 9.17) is 0 Å². The van der Waals surface area contributed by atoms with E-state index in [0.717, 1.165) is 37.0 Å². The van der Waals surface area contributed by atoms with Crippen molar-refractivity contribution in [2.45, 2.75) is 46.2 Å². The number of aromatic nitrogens is 3. The topological polar surface area (TPSA) is 67.1 Å². The van der Waals surface area contributed by atoms with Crippen molar-refractivity contribution in [2.24, 2.45) is 12.0 Å². The summed E-state index contributed by atoms with van der Waals surface area (Å²) in [4.78, 5) is 6.03. The van der Waals surface area contributed by atoms with Crippen LogP contribution >= 0.6 is 35.3 Å². The summed E-state index contributed by atoms with van der Waals surface area (Å²) in [7, 11) is 1.96. The van der Waals surface area contributed by atoms with Crippen LogP contribution in [0.3, 0.4) is 0 Å². The van der Waals surface area contributed by atoms with Gasteiger partial charge in [-0.25, -0.2) is 4.99 Å². The second kappa shape index (κ2) is 10.7. The van der Waals surface area contributed by atoms with E-state index in [1.54, 1.807) is 11.3 Å². The lowest BCUT2D eigenvalue weighted by molar-refractivity contribution is 0.620. The van der Waals surface area contributed by atoms with Crippen LogP contribution in [0.1, 0.15) is 36.8 Å². The Kier molecular flexibility index (Phi) is 9.27. The molecule has 0 aliphatic carbocycles. The Morgan fingerprint density at radius 2 is 2.21 bits per heavy atom. The number of nitrogens with one attached hydrogen (secondary N) is 2. The van der Waals surface area contributed by atoms with Crippen LogP contribution < -0.4 is 10.6 Å². The lowest BCUT2D eigenvalue weighted by Gasteiger charge is -2.16. The molecule has 134 valence electrons. The van der Waals surface area contributed by atoms with Gasteiger partial charge in [-0.3, -0.25) is 0 Å². The predicted molar refractivity (Wildman–Crippen MR) is 111 cm³/mol. The fourth-order valence-corrected chi connectivity index (χ4v) is 2.69. The Morgan fingerprint density at radius 1 is 1.42 bits per heavy atom. The molecule has 0 fully saturated rings. The summed E-state index contributed by atoms with van der Waals surface area (Å²) in [5.41, 5.74) is 0. The highest BCUT2D eigenvalue weighted by Crippen LogP contribution is 2.08. The fourth-order valence-electron chi connectivity index (χ4n) is 1.99. The highest BCUT2D eigenvalue weighted by Gasteiger charge is 2.07. The van der Waals surface area contributed by atoms with Crippen molar-refractivity contribution in [1.29, 1.82) is 0 Å². The molecule has 1 unspecified atom stereocenters. The van der Waals surface area contributed by atoms with Crippen LogP contribution in [0.4, 0.5) is 0 Å². The number of guanidine groups is 1. The van der Waals surface area contributed by atoms with Gasteiger partial charge >= 0.3 is 0 Å². The summed E-state index contributed by atoms with van der Waals surface area (Å²) >= 11 is 1.79. The SMILES string of the molecule is CCC(C)NC(=NCc1nnc(C)n1C)NCCc1cccs1.I. The minimum absolute atomic E-state index is 0. The summed E-state index contributed by atoms with van der Waals surface area (Å²) in [6.07, 6.45) is 2.05. The van der Waals surface area contributed by atoms with Gasteiger partial charge in [0.1, 0.15) is 12.4 Å². The third-order valence-corrected chi connectivity index (χ3v) is 4.74. The molecule has 8 heteroatoms. The molecule has 0 aliphatic heterocycles. The molecule has 2 rings (SSSR count). The Hall–Kier alpha value is -1.16. The first-order valence-corrected chi connectivity index (χ1v) is 8.90. The lowest BCUT2D eigenvalue weighted by atomic mass is 10.3. The molecule has 2 aromatic heterocycles. The molecule has 0 saturated carbocycles. The van der Waals surface area contributed by atoms with E-state index in [0.29, 0.717) is 12.6 Å². The first-order chi connectivity index (χ1) is 11.1. The Balaban J connectivity index is 0.00000288. The van der Waals surface area contributed by atoms with Crippen LogP contribution in [0, 0.1) is 6.92 Å². The van der Waals surface area contributed by atoms with Gasteiger partial charge in [0, 0.05) is 24.5 Å². The molecule has 0 spiro atoms.